The van der Waals surface area contributed by atoms with Gasteiger partial charge in [-0.25, -0.2) is 0 Å². The fraction of sp³-hybridized carbons (Fsp3) is 0.235. The standard InChI is InChI=1S/C17H17NO/c1-11-12(2)14(4)17(19-10-18)16(13(11)3)15-8-6-5-7-9-15/h5-9H,1-4H3. The van der Waals surface area contributed by atoms with E-state index < -0.39 is 0 Å². The van der Waals surface area contributed by atoms with Gasteiger partial charge in [-0.15, -0.1) is 5.26 Å². The first-order valence-electron chi connectivity index (χ1n) is 6.29. The second-order valence-electron chi connectivity index (χ2n) is 4.76. The second kappa shape index (κ2) is 5.16. The summed E-state index contributed by atoms with van der Waals surface area (Å²) in [6, 6.07) is 10.1. The Balaban J connectivity index is 2.82. The minimum Gasteiger partial charge on any atom is -0.387 e. The molecule has 0 aliphatic rings. The van der Waals surface area contributed by atoms with Crippen LogP contribution in [-0.4, -0.2) is 0 Å². The fourth-order valence-corrected chi connectivity index (χ4v) is 2.40. The predicted molar refractivity (Wildman–Crippen MR) is 77.1 cm³/mol. The quantitative estimate of drug-likeness (QED) is 0.739. The van der Waals surface area contributed by atoms with Gasteiger partial charge in [-0.2, -0.15) is 0 Å². The van der Waals surface area contributed by atoms with Gasteiger partial charge in [0, 0.05) is 5.56 Å². The number of hydrogen-bond donors (Lipinski definition) is 0. The maximum Gasteiger partial charge on any atom is 0.292 e. The molecule has 0 unspecified atom stereocenters. The summed E-state index contributed by atoms with van der Waals surface area (Å²) in [4.78, 5) is 0. The highest BCUT2D eigenvalue weighted by Crippen LogP contribution is 2.39. The average Bonchev–Trinajstić information content (AvgIpc) is 2.44. The van der Waals surface area contributed by atoms with Gasteiger partial charge in [-0.05, 0) is 55.5 Å². The number of nitrogens with zero attached hydrogens (tertiary/aromatic N) is 1. The van der Waals surface area contributed by atoms with Gasteiger partial charge < -0.3 is 4.74 Å². The minimum atomic E-state index is 0.675. The molecule has 0 atom stereocenters. The lowest BCUT2D eigenvalue weighted by Crippen LogP contribution is -2.00. The zero-order chi connectivity index (χ0) is 14.0. The molecule has 2 nitrogen and oxygen atoms in total. The molecule has 19 heavy (non-hydrogen) atoms. The van der Waals surface area contributed by atoms with Crippen LogP contribution in [0.4, 0.5) is 0 Å². The van der Waals surface area contributed by atoms with Crippen LogP contribution < -0.4 is 4.74 Å². The maximum absolute atomic E-state index is 8.89. The summed E-state index contributed by atoms with van der Waals surface area (Å²) in [5, 5.41) is 8.89. The average molecular weight is 251 g/mol. The molecular formula is C17H17NO. The molecule has 0 bridgehead atoms. The Labute approximate surface area is 114 Å². The van der Waals surface area contributed by atoms with Crippen LogP contribution in [-0.2, 0) is 0 Å². The van der Waals surface area contributed by atoms with E-state index in [2.05, 4.69) is 20.8 Å². The highest BCUT2D eigenvalue weighted by atomic mass is 16.5. The lowest BCUT2D eigenvalue weighted by atomic mass is 9.89. The highest BCUT2D eigenvalue weighted by molar-refractivity contribution is 5.78. The Morgan fingerprint density at radius 2 is 1.42 bits per heavy atom. The highest BCUT2D eigenvalue weighted by Gasteiger charge is 2.17. The van der Waals surface area contributed by atoms with Gasteiger partial charge >= 0.3 is 0 Å². The van der Waals surface area contributed by atoms with Crippen LogP contribution in [0.2, 0.25) is 0 Å². The third-order valence-corrected chi connectivity index (χ3v) is 3.84. The largest absolute Gasteiger partial charge is 0.387 e. The maximum atomic E-state index is 8.89. The smallest absolute Gasteiger partial charge is 0.292 e. The molecule has 0 fully saturated rings. The van der Waals surface area contributed by atoms with Crippen molar-refractivity contribution in [2.24, 2.45) is 0 Å². The van der Waals surface area contributed by atoms with Gasteiger partial charge in [0.05, 0.1) is 0 Å². The van der Waals surface area contributed by atoms with Crippen molar-refractivity contribution in [3.8, 4) is 23.1 Å². The second-order valence-corrected chi connectivity index (χ2v) is 4.76. The SMILES string of the molecule is Cc1c(C)c(C)c(-c2ccccc2)c(OC#N)c1C. The molecule has 0 aliphatic carbocycles. The van der Waals surface area contributed by atoms with Crippen molar-refractivity contribution in [1.82, 2.24) is 0 Å². The summed E-state index contributed by atoms with van der Waals surface area (Å²) in [5.41, 5.74) is 6.73. The first-order chi connectivity index (χ1) is 9.07. The van der Waals surface area contributed by atoms with Gasteiger partial charge in [0.25, 0.3) is 6.26 Å². The molecule has 0 heterocycles. The van der Waals surface area contributed by atoms with Crippen LogP contribution in [0.15, 0.2) is 30.3 Å². The van der Waals surface area contributed by atoms with E-state index in [0.29, 0.717) is 5.75 Å². The lowest BCUT2D eigenvalue weighted by molar-refractivity contribution is 0.504. The van der Waals surface area contributed by atoms with E-state index in [1.54, 1.807) is 0 Å². The first kappa shape index (κ1) is 13.2. The molecule has 0 amide bonds. The van der Waals surface area contributed by atoms with Crippen molar-refractivity contribution in [2.75, 3.05) is 0 Å². The van der Waals surface area contributed by atoms with Crippen molar-refractivity contribution in [1.29, 1.82) is 5.26 Å². The summed E-state index contributed by atoms with van der Waals surface area (Å²) in [7, 11) is 0. The molecule has 2 rings (SSSR count). The van der Waals surface area contributed by atoms with Crippen molar-refractivity contribution < 1.29 is 4.74 Å². The number of hydrogen-bond acceptors (Lipinski definition) is 2. The van der Waals surface area contributed by atoms with Crippen molar-refractivity contribution in [3.05, 3.63) is 52.6 Å². The summed E-state index contributed by atoms with van der Waals surface area (Å²) in [6.45, 7) is 8.26. The van der Waals surface area contributed by atoms with Gasteiger partial charge in [0.15, 0.2) is 5.75 Å². The van der Waals surface area contributed by atoms with Crippen LogP contribution >= 0.6 is 0 Å². The van der Waals surface area contributed by atoms with Crippen LogP contribution in [0.5, 0.6) is 5.75 Å². The molecule has 2 aromatic carbocycles. The third-order valence-electron chi connectivity index (χ3n) is 3.84. The number of ether oxygens (including phenoxy) is 1. The zero-order valence-electron chi connectivity index (χ0n) is 11.7. The Morgan fingerprint density at radius 3 is 2.00 bits per heavy atom. The predicted octanol–water partition coefficient (Wildman–Crippen LogP) is 4.45. The molecule has 0 saturated carbocycles. The number of benzene rings is 2. The molecule has 0 aromatic heterocycles. The van der Waals surface area contributed by atoms with E-state index in [-0.39, 0.29) is 0 Å². The molecular weight excluding hydrogens is 234 g/mol. The Morgan fingerprint density at radius 1 is 0.842 bits per heavy atom. The first-order valence-corrected chi connectivity index (χ1v) is 6.29. The summed E-state index contributed by atoms with van der Waals surface area (Å²) >= 11 is 0. The molecule has 0 aliphatic heterocycles. The minimum absolute atomic E-state index is 0.675. The molecule has 2 aromatic rings. The van der Waals surface area contributed by atoms with Crippen LogP contribution in [0, 0.1) is 39.2 Å². The molecule has 0 saturated heterocycles. The number of rotatable bonds is 2. The Hall–Kier alpha value is -2.27. The van der Waals surface area contributed by atoms with E-state index >= 15 is 0 Å². The summed E-state index contributed by atoms with van der Waals surface area (Å²) < 4.78 is 5.24. The van der Waals surface area contributed by atoms with Crippen LogP contribution in [0.25, 0.3) is 11.1 Å². The zero-order valence-corrected chi connectivity index (χ0v) is 11.7. The molecule has 0 radical (unpaired) electrons. The van der Waals surface area contributed by atoms with E-state index in [9.17, 15) is 0 Å². The van der Waals surface area contributed by atoms with E-state index in [4.69, 9.17) is 10.00 Å². The monoisotopic (exact) mass is 251 g/mol. The third kappa shape index (κ3) is 2.20. The van der Waals surface area contributed by atoms with Gasteiger partial charge in [0.2, 0.25) is 0 Å². The molecule has 96 valence electrons. The van der Waals surface area contributed by atoms with Crippen molar-refractivity contribution in [3.63, 3.8) is 0 Å². The van der Waals surface area contributed by atoms with Crippen LogP contribution in [0.3, 0.4) is 0 Å². The van der Waals surface area contributed by atoms with E-state index in [1.807, 2.05) is 43.5 Å². The molecule has 0 N–H and O–H groups in total. The Kier molecular flexibility index (Phi) is 3.57. The molecule has 0 spiro atoms. The van der Waals surface area contributed by atoms with Crippen LogP contribution in [0.1, 0.15) is 22.3 Å². The van der Waals surface area contributed by atoms with Gasteiger partial charge in [0.1, 0.15) is 0 Å². The summed E-state index contributed by atoms with van der Waals surface area (Å²) in [6.07, 6.45) is 1.81. The molecule has 2 heteroatoms. The number of nitriles is 1. The van der Waals surface area contributed by atoms with Crippen molar-refractivity contribution >= 4 is 0 Å². The fourth-order valence-electron chi connectivity index (χ4n) is 2.40. The summed E-state index contributed by atoms with van der Waals surface area (Å²) in [5.74, 6) is 0.675. The Bertz CT molecular complexity index is 651. The lowest BCUT2D eigenvalue weighted by Gasteiger charge is -2.18. The van der Waals surface area contributed by atoms with Gasteiger partial charge in [-0.1, -0.05) is 30.3 Å². The van der Waals surface area contributed by atoms with E-state index in [1.165, 1.54) is 16.7 Å². The topological polar surface area (TPSA) is 33.0 Å². The van der Waals surface area contributed by atoms with E-state index in [0.717, 1.165) is 16.7 Å². The normalized spacial score (nSPS) is 10.1. The van der Waals surface area contributed by atoms with Gasteiger partial charge in [-0.3, -0.25) is 0 Å². The van der Waals surface area contributed by atoms with Crippen molar-refractivity contribution in [2.45, 2.75) is 27.7 Å².